The van der Waals surface area contributed by atoms with E-state index >= 15 is 0 Å². The predicted molar refractivity (Wildman–Crippen MR) is 155 cm³/mol. The molecule has 1 unspecified atom stereocenters. The number of rotatable bonds is 11. The Morgan fingerprint density at radius 1 is 0.811 bits per heavy atom. The smallest absolute Gasteiger partial charge is 0.171 e. The molecule has 2 heteroatoms. The zero-order chi connectivity index (χ0) is 26.6. The van der Waals surface area contributed by atoms with Crippen molar-refractivity contribution < 1.29 is 9.59 Å². The second-order valence-corrected chi connectivity index (χ2v) is 11.9. The average Bonchev–Trinajstić information content (AvgIpc) is 3.65. The van der Waals surface area contributed by atoms with Crippen LogP contribution in [0.15, 0.2) is 82.5 Å². The van der Waals surface area contributed by atoms with Crippen molar-refractivity contribution in [3.63, 3.8) is 0 Å². The van der Waals surface area contributed by atoms with Gasteiger partial charge in [-0.05, 0) is 98.3 Å². The number of hydrogen-bond donors (Lipinski definition) is 0. The van der Waals surface area contributed by atoms with Gasteiger partial charge in [0.05, 0.1) is 5.41 Å². The van der Waals surface area contributed by atoms with E-state index in [9.17, 15) is 9.59 Å². The molecule has 0 radical (unpaired) electrons. The predicted octanol–water partition coefficient (Wildman–Crippen LogP) is 9.55. The van der Waals surface area contributed by atoms with Crippen molar-refractivity contribution in [2.24, 2.45) is 17.3 Å². The first kappa shape index (κ1) is 27.3. The van der Waals surface area contributed by atoms with Crippen LogP contribution in [-0.2, 0) is 0 Å². The maximum absolute atomic E-state index is 13.8. The molecule has 1 fully saturated rings. The lowest BCUT2D eigenvalue weighted by molar-refractivity contribution is 0.0505. The van der Waals surface area contributed by atoms with Crippen molar-refractivity contribution in [1.29, 1.82) is 0 Å². The van der Waals surface area contributed by atoms with Crippen molar-refractivity contribution >= 4 is 11.6 Å². The molecule has 1 saturated carbocycles. The van der Waals surface area contributed by atoms with Crippen molar-refractivity contribution in [2.45, 2.75) is 92.4 Å². The van der Waals surface area contributed by atoms with Gasteiger partial charge < -0.3 is 0 Å². The van der Waals surface area contributed by atoms with E-state index in [0.717, 1.165) is 44.9 Å². The first-order valence-electron chi connectivity index (χ1n) is 14.2. The molecule has 0 aromatic heterocycles. The molecule has 4 rings (SSSR count). The highest BCUT2D eigenvalue weighted by molar-refractivity contribution is 6.18. The fourth-order valence-corrected chi connectivity index (χ4v) is 6.23. The minimum absolute atomic E-state index is 0.180. The minimum atomic E-state index is -0.598. The molecule has 37 heavy (non-hydrogen) atoms. The Balaban J connectivity index is 1.33. The lowest BCUT2D eigenvalue weighted by Gasteiger charge is -2.43. The topological polar surface area (TPSA) is 34.1 Å². The highest BCUT2D eigenvalue weighted by atomic mass is 16.1. The number of hydrogen-bond acceptors (Lipinski definition) is 2. The molecule has 0 bridgehead atoms. The van der Waals surface area contributed by atoms with Crippen molar-refractivity contribution in [3.8, 4) is 0 Å². The minimum Gasteiger partial charge on any atom is -0.294 e. The monoisotopic (exact) mass is 496 g/mol. The van der Waals surface area contributed by atoms with Crippen LogP contribution in [0.5, 0.6) is 0 Å². The Labute approximate surface area is 224 Å². The number of carbonyl (C=O) groups excluding carboxylic acids is 2. The second kappa shape index (κ2) is 11.8. The lowest BCUT2D eigenvalue weighted by atomic mass is 9.56. The quantitative estimate of drug-likeness (QED) is 0.286. The molecule has 1 aromatic carbocycles. The van der Waals surface area contributed by atoms with Crippen molar-refractivity contribution in [2.75, 3.05) is 0 Å². The zero-order valence-electron chi connectivity index (χ0n) is 23.5. The summed E-state index contributed by atoms with van der Waals surface area (Å²) in [5.74, 6) is 0.468. The molecule has 3 aliphatic carbocycles. The Hall–Kier alpha value is -2.74. The van der Waals surface area contributed by atoms with Gasteiger partial charge in [0.25, 0.3) is 0 Å². The van der Waals surface area contributed by atoms with Gasteiger partial charge in [0.15, 0.2) is 11.6 Å². The maximum Gasteiger partial charge on any atom is 0.171 e. The van der Waals surface area contributed by atoms with Gasteiger partial charge in [-0.15, -0.1) is 0 Å². The molecule has 0 spiro atoms. The molecule has 0 aliphatic heterocycles. The highest BCUT2D eigenvalue weighted by Crippen LogP contribution is 2.61. The largest absolute Gasteiger partial charge is 0.294 e. The zero-order valence-corrected chi connectivity index (χ0v) is 23.5. The summed E-state index contributed by atoms with van der Waals surface area (Å²) >= 11 is 0. The summed E-state index contributed by atoms with van der Waals surface area (Å²) in [5, 5.41) is 0. The number of benzene rings is 1. The van der Waals surface area contributed by atoms with Gasteiger partial charge in [-0.1, -0.05) is 82.5 Å². The molecule has 0 N–H and O–H groups in total. The first-order chi connectivity index (χ1) is 17.7. The number of fused-ring (bicyclic) bond motifs is 4. The average molecular weight is 497 g/mol. The summed E-state index contributed by atoms with van der Waals surface area (Å²) in [6.45, 7) is 11.0. The van der Waals surface area contributed by atoms with Crippen LogP contribution in [0.3, 0.4) is 0 Å². The molecular formula is C35H44O2. The maximum atomic E-state index is 13.8. The summed E-state index contributed by atoms with van der Waals surface area (Å²) in [6.07, 6.45) is 20.5. The van der Waals surface area contributed by atoms with Gasteiger partial charge >= 0.3 is 0 Å². The van der Waals surface area contributed by atoms with Crippen molar-refractivity contribution in [1.82, 2.24) is 0 Å². The van der Waals surface area contributed by atoms with E-state index in [1.165, 1.54) is 27.9 Å². The summed E-state index contributed by atoms with van der Waals surface area (Å²) in [6, 6.07) is 7.46. The number of Topliss-reactive ketones (excluding diaryl/α,β-unsaturated/α-hetero) is 2. The van der Waals surface area contributed by atoms with E-state index in [2.05, 4.69) is 65.0 Å². The fraction of sp³-hybridized carbons (Fsp3) is 0.486. The third-order valence-corrected chi connectivity index (χ3v) is 8.64. The SMILES string of the molecule is CC(C)=CCCC(C)=CCCC(C)=CCCC(C)=CC[C@@]12CC=C3C[C@@H]3C1C(=O)c1ccccc1C2=O. The molecule has 0 amide bonds. The Kier molecular flexibility index (Phi) is 8.67. The van der Waals surface area contributed by atoms with Gasteiger partial charge in [-0.25, -0.2) is 0 Å². The molecular weight excluding hydrogens is 452 g/mol. The molecule has 0 heterocycles. The lowest BCUT2D eigenvalue weighted by Crippen LogP contribution is -2.48. The highest BCUT2D eigenvalue weighted by Gasteiger charge is 2.60. The molecule has 0 saturated heterocycles. The normalized spacial score (nSPS) is 25.2. The summed E-state index contributed by atoms with van der Waals surface area (Å²) < 4.78 is 0. The number of ketones is 2. The molecule has 196 valence electrons. The standard InChI is InChI=1S/C35H44O2/c1-24(2)11-8-12-25(3)13-9-14-26(4)15-10-16-27(5)19-21-35-22-20-28-23-31(28)32(35)33(36)29-17-6-7-18-30(29)34(35)37/h6-7,11,13,15,17-20,31-32H,8-10,12,14,16,21-23H2,1-5H3/t31-,32?,35+/m0/s1. The molecule has 3 aliphatic rings. The van der Waals surface area contributed by atoms with Crippen LogP contribution >= 0.6 is 0 Å². The third-order valence-electron chi connectivity index (χ3n) is 8.64. The molecule has 2 nitrogen and oxygen atoms in total. The van der Waals surface area contributed by atoms with E-state index in [4.69, 9.17) is 0 Å². The molecule has 3 atom stereocenters. The summed E-state index contributed by atoms with van der Waals surface area (Å²) in [5.41, 5.74) is 7.70. The third kappa shape index (κ3) is 6.22. The van der Waals surface area contributed by atoms with Crippen LogP contribution in [0.4, 0.5) is 0 Å². The van der Waals surface area contributed by atoms with Crippen LogP contribution in [0, 0.1) is 17.3 Å². The Bertz CT molecular complexity index is 1200. The van der Waals surface area contributed by atoms with Gasteiger partial charge in [-0.2, -0.15) is 0 Å². The summed E-state index contributed by atoms with van der Waals surface area (Å²) in [7, 11) is 0. The Morgan fingerprint density at radius 3 is 2.00 bits per heavy atom. The van der Waals surface area contributed by atoms with Crippen LogP contribution in [0.2, 0.25) is 0 Å². The van der Waals surface area contributed by atoms with E-state index in [1.807, 2.05) is 24.3 Å². The van der Waals surface area contributed by atoms with Gasteiger partial charge in [-0.3, -0.25) is 9.59 Å². The van der Waals surface area contributed by atoms with Crippen LogP contribution in [-0.4, -0.2) is 11.6 Å². The van der Waals surface area contributed by atoms with Crippen LogP contribution in [0.25, 0.3) is 0 Å². The molecule has 1 aromatic rings. The first-order valence-corrected chi connectivity index (χ1v) is 14.2. The second-order valence-electron chi connectivity index (χ2n) is 11.9. The van der Waals surface area contributed by atoms with E-state index in [0.29, 0.717) is 24.0 Å². The van der Waals surface area contributed by atoms with Crippen LogP contribution in [0.1, 0.15) is 113 Å². The van der Waals surface area contributed by atoms with E-state index in [-0.39, 0.29) is 23.4 Å². The fourth-order valence-electron chi connectivity index (χ4n) is 6.23. The van der Waals surface area contributed by atoms with E-state index in [1.54, 1.807) is 0 Å². The van der Waals surface area contributed by atoms with Gasteiger partial charge in [0.2, 0.25) is 0 Å². The van der Waals surface area contributed by atoms with Gasteiger partial charge in [0, 0.05) is 17.0 Å². The van der Waals surface area contributed by atoms with Crippen LogP contribution < -0.4 is 0 Å². The van der Waals surface area contributed by atoms with Crippen molar-refractivity contribution in [3.05, 3.63) is 93.6 Å². The van der Waals surface area contributed by atoms with Gasteiger partial charge in [0.1, 0.15) is 0 Å². The summed E-state index contributed by atoms with van der Waals surface area (Å²) in [4.78, 5) is 27.3. The Morgan fingerprint density at radius 2 is 1.38 bits per heavy atom. The van der Waals surface area contributed by atoms with E-state index < -0.39 is 5.41 Å². The number of carbonyl (C=O) groups is 2. The number of allylic oxidation sites excluding steroid dienone is 10.